The minimum absolute atomic E-state index is 0.0807. The Labute approximate surface area is 153 Å². The minimum atomic E-state index is 0.0807. The molecule has 0 amide bonds. The summed E-state index contributed by atoms with van der Waals surface area (Å²) in [7, 11) is 0. The monoisotopic (exact) mass is 348 g/mol. The third-order valence-corrected chi connectivity index (χ3v) is 4.13. The highest BCUT2D eigenvalue weighted by molar-refractivity contribution is 5.30. The van der Waals surface area contributed by atoms with Crippen molar-refractivity contribution in [3.63, 3.8) is 0 Å². The van der Waals surface area contributed by atoms with Gasteiger partial charge in [0.15, 0.2) is 0 Å². The van der Waals surface area contributed by atoms with Crippen molar-refractivity contribution >= 4 is 0 Å². The summed E-state index contributed by atoms with van der Waals surface area (Å²) >= 11 is 0. The fourth-order valence-electron chi connectivity index (χ4n) is 2.82. The lowest BCUT2D eigenvalue weighted by molar-refractivity contribution is 0.375. The maximum absolute atomic E-state index is 5.23. The lowest BCUT2D eigenvalue weighted by atomic mass is 9.85. The Kier molecular flexibility index (Phi) is 6.66. The molecule has 4 nitrogen and oxygen atoms in total. The number of hydrogen-bond acceptors (Lipinski definition) is 4. The molecule has 0 atom stereocenters. The van der Waals surface area contributed by atoms with Crippen LogP contribution in [0.3, 0.4) is 0 Å². The van der Waals surface area contributed by atoms with Gasteiger partial charge in [-0.3, -0.25) is 0 Å². The van der Waals surface area contributed by atoms with E-state index in [1.54, 1.807) is 6.26 Å². The van der Waals surface area contributed by atoms with Crippen LogP contribution in [0.5, 0.6) is 0 Å². The summed E-state index contributed by atoms with van der Waals surface area (Å²) in [5, 5.41) is 8.17. The molecule has 2 aromatic rings. The molecular weight excluding hydrogens is 312 g/mol. The third-order valence-electron chi connectivity index (χ3n) is 4.13. The van der Waals surface area contributed by atoms with Gasteiger partial charge in [0, 0.05) is 22.0 Å². The molecule has 4 heteroatoms. The van der Waals surface area contributed by atoms with Crippen LogP contribution in [-0.4, -0.2) is 10.3 Å². The first-order chi connectivity index (χ1) is 11.3. The van der Waals surface area contributed by atoms with E-state index in [1.165, 1.54) is 11.1 Å². The van der Waals surface area contributed by atoms with E-state index in [4.69, 9.17) is 9.05 Å². The van der Waals surface area contributed by atoms with Crippen molar-refractivity contribution < 1.29 is 9.05 Å². The maximum atomic E-state index is 5.23. The fraction of sp³-hybridized carbons (Fsp3) is 0.714. The van der Waals surface area contributed by atoms with Gasteiger partial charge in [-0.05, 0) is 18.8 Å². The highest BCUT2D eigenvalue weighted by Crippen LogP contribution is 2.31. The van der Waals surface area contributed by atoms with Crippen molar-refractivity contribution in [3.05, 3.63) is 34.5 Å². The highest BCUT2D eigenvalue weighted by atomic mass is 16.5. The van der Waals surface area contributed by atoms with Gasteiger partial charge in [0.2, 0.25) is 0 Å². The van der Waals surface area contributed by atoms with Crippen LogP contribution in [0.2, 0.25) is 0 Å². The van der Waals surface area contributed by atoms with Crippen molar-refractivity contribution in [2.75, 3.05) is 0 Å². The molecule has 0 aliphatic rings. The number of rotatable bonds is 2. The molecule has 25 heavy (non-hydrogen) atoms. The first-order valence-electron chi connectivity index (χ1n) is 9.18. The summed E-state index contributed by atoms with van der Waals surface area (Å²) < 4.78 is 10.2. The number of aryl methyl sites for hydroxylation is 1. The summed E-state index contributed by atoms with van der Waals surface area (Å²) in [5.41, 5.74) is 4.84. The van der Waals surface area contributed by atoms with Crippen LogP contribution in [0.15, 0.2) is 15.3 Å². The van der Waals surface area contributed by atoms with Gasteiger partial charge < -0.3 is 9.05 Å². The molecule has 2 aromatic heterocycles. The van der Waals surface area contributed by atoms with E-state index >= 15 is 0 Å². The van der Waals surface area contributed by atoms with E-state index in [1.807, 2.05) is 6.92 Å². The summed E-state index contributed by atoms with van der Waals surface area (Å²) in [6, 6.07) is 0. The third kappa shape index (κ3) is 5.45. The van der Waals surface area contributed by atoms with Crippen LogP contribution in [0.1, 0.15) is 109 Å². The molecule has 0 saturated carbocycles. The van der Waals surface area contributed by atoms with Crippen LogP contribution in [0.25, 0.3) is 0 Å². The van der Waals surface area contributed by atoms with Gasteiger partial charge in [-0.15, -0.1) is 0 Å². The SMILES string of the molecule is CC(C)c1conc1C(C)(C)C.Cc1onc(C(C)(C)C)c1C(C)C. The van der Waals surface area contributed by atoms with E-state index in [0.29, 0.717) is 11.8 Å². The standard InChI is InChI=1S/C11H19NO.C10H17NO/c1-7(2)9-8(3)13-12-10(9)11(4,5)6;1-7(2)8-6-12-11-9(8)10(3,4)5/h7H,1-6H3;6-7H,1-5H3. The molecule has 0 radical (unpaired) electrons. The topological polar surface area (TPSA) is 52.1 Å². The Bertz CT molecular complexity index is 665. The first kappa shape index (κ1) is 21.5. The normalized spacial score (nSPS) is 12.5. The average molecular weight is 349 g/mol. The Balaban J connectivity index is 0.000000251. The van der Waals surface area contributed by atoms with Crippen LogP contribution < -0.4 is 0 Å². The molecule has 0 aliphatic carbocycles. The van der Waals surface area contributed by atoms with Crippen molar-refractivity contribution in [1.29, 1.82) is 0 Å². The Hall–Kier alpha value is -1.58. The van der Waals surface area contributed by atoms with E-state index in [2.05, 4.69) is 79.6 Å². The molecule has 0 N–H and O–H groups in total. The lowest BCUT2D eigenvalue weighted by Crippen LogP contribution is -2.14. The smallest absolute Gasteiger partial charge is 0.137 e. The van der Waals surface area contributed by atoms with Gasteiger partial charge in [0.05, 0.1) is 11.4 Å². The van der Waals surface area contributed by atoms with Crippen molar-refractivity contribution in [1.82, 2.24) is 10.3 Å². The average Bonchev–Trinajstić information content (AvgIpc) is 3.03. The van der Waals surface area contributed by atoms with Crippen molar-refractivity contribution in [2.45, 2.75) is 98.8 Å². The van der Waals surface area contributed by atoms with E-state index in [9.17, 15) is 0 Å². The van der Waals surface area contributed by atoms with Gasteiger partial charge in [0.25, 0.3) is 0 Å². The molecule has 142 valence electrons. The molecule has 0 aliphatic heterocycles. The van der Waals surface area contributed by atoms with E-state index in [-0.39, 0.29) is 10.8 Å². The maximum Gasteiger partial charge on any atom is 0.137 e. The first-order valence-corrected chi connectivity index (χ1v) is 9.18. The second-order valence-corrected chi connectivity index (χ2v) is 9.43. The molecular formula is C21H36N2O2. The molecule has 0 saturated heterocycles. The molecule has 0 bridgehead atoms. The quantitative estimate of drug-likeness (QED) is 0.621. The number of nitrogens with zero attached hydrogens (tertiary/aromatic N) is 2. The lowest BCUT2D eigenvalue weighted by Gasteiger charge is -2.18. The molecule has 0 aromatic carbocycles. The van der Waals surface area contributed by atoms with E-state index in [0.717, 1.165) is 17.1 Å². The molecule has 0 unspecified atom stereocenters. The Morgan fingerprint density at radius 3 is 1.64 bits per heavy atom. The largest absolute Gasteiger partial charge is 0.364 e. The summed E-state index contributed by atoms with van der Waals surface area (Å²) in [5.74, 6) is 1.94. The molecule has 0 fully saturated rings. The van der Waals surface area contributed by atoms with E-state index < -0.39 is 0 Å². The highest BCUT2D eigenvalue weighted by Gasteiger charge is 2.26. The van der Waals surface area contributed by atoms with Crippen LogP contribution >= 0.6 is 0 Å². The Morgan fingerprint density at radius 2 is 1.32 bits per heavy atom. The second-order valence-electron chi connectivity index (χ2n) is 9.43. The second kappa shape index (κ2) is 7.76. The van der Waals surface area contributed by atoms with Crippen LogP contribution in [0, 0.1) is 6.92 Å². The van der Waals surface area contributed by atoms with Gasteiger partial charge in [-0.2, -0.15) is 0 Å². The van der Waals surface area contributed by atoms with Gasteiger partial charge in [0.1, 0.15) is 12.0 Å². The minimum Gasteiger partial charge on any atom is -0.364 e. The zero-order valence-electron chi connectivity index (χ0n) is 17.9. The van der Waals surface area contributed by atoms with Gasteiger partial charge >= 0.3 is 0 Å². The predicted molar refractivity (Wildman–Crippen MR) is 103 cm³/mol. The zero-order valence-corrected chi connectivity index (χ0v) is 17.9. The fourth-order valence-corrected chi connectivity index (χ4v) is 2.82. The predicted octanol–water partition coefficient (Wildman–Crippen LogP) is 6.50. The summed E-state index contributed by atoms with van der Waals surface area (Å²) in [6.45, 7) is 23.6. The summed E-state index contributed by atoms with van der Waals surface area (Å²) in [4.78, 5) is 0. The number of aromatic nitrogens is 2. The summed E-state index contributed by atoms with van der Waals surface area (Å²) in [6.07, 6.45) is 1.76. The van der Waals surface area contributed by atoms with Crippen molar-refractivity contribution in [3.8, 4) is 0 Å². The molecule has 2 rings (SSSR count). The van der Waals surface area contributed by atoms with Gasteiger partial charge in [-0.1, -0.05) is 79.6 Å². The van der Waals surface area contributed by atoms with Gasteiger partial charge in [-0.25, -0.2) is 0 Å². The van der Waals surface area contributed by atoms with Crippen molar-refractivity contribution in [2.24, 2.45) is 0 Å². The molecule has 0 spiro atoms. The molecule has 2 heterocycles. The number of hydrogen-bond donors (Lipinski definition) is 0. The van der Waals surface area contributed by atoms with Crippen LogP contribution in [-0.2, 0) is 10.8 Å². The van der Waals surface area contributed by atoms with Crippen LogP contribution in [0.4, 0.5) is 0 Å². The Morgan fingerprint density at radius 1 is 0.800 bits per heavy atom. The zero-order chi connectivity index (χ0) is 19.6.